The summed E-state index contributed by atoms with van der Waals surface area (Å²) >= 11 is 0. The molecule has 9 aromatic rings. The number of benzene rings is 8. The van der Waals surface area contributed by atoms with Crippen molar-refractivity contribution in [2.24, 2.45) is 4.99 Å². The Kier molecular flexibility index (Phi) is 9.03. The van der Waals surface area contributed by atoms with Crippen LogP contribution in [0.2, 0.25) is 0 Å². The Morgan fingerprint density at radius 1 is 0.635 bits per heavy atom. The minimum Gasteiger partial charge on any atom is -0.427 e. The first kappa shape index (κ1) is 37.7. The summed E-state index contributed by atoms with van der Waals surface area (Å²) in [5, 5.41) is 10.3. The van der Waals surface area contributed by atoms with Crippen LogP contribution in [0.3, 0.4) is 0 Å². The fourth-order valence-electron chi connectivity index (χ4n) is 11.3. The van der Waals surface area contributed by atoms with Gasteiger partial charge in [0.15, 0.2) is 0 Å². The van der Waals surface area contributed by atoms with Crippen LogP contribution in [-0.4, -0.2) is 16.7 Å². The zero-order chi connectivity index (χ0) is 42.2. The van der Waals surface area contributed by atoms with Crippen LogP contribution in [0.1, 0.15) is 83.7 Å². The second-order valence-electron chi connectivity index (χ2n) is 17.8. The molecule has 0 saturated heterocycles. The van der Waals surface area contributed by atoms with Gasteiger partial charge in [-0.05, 0) is 165 Å². The molecule has 0 amide bonds. The predicted molar refractivity (Wildman–Crippen MR) is 260 cm³/mol. The van der Waals surface area contributed by atoms with Gasteiger partial charge in [0.1, 0.15) is 5.75 Å². The SMILES string of the molecule is CC1=C2CCCc3ccccc3C2=N/C1=C(/c1ccc(OC(=O)CCCc2ccc3c4cccc5cccc(c6cccc2c63)c54)cc1)c1[nH]c2c(c1C)CCCc1ccccc1-2. The van der Waals surface area contributed by atoms with Gasteiger partial charge in [-0.25, -0.2) is 4.99 Å². The molecule has 2 aliphatic carbocycles. The Hall–Kier alpha value is -7.04. The van der Waals surface area contributed by atoms with Crippen molar-refractivity contribution in [3.63, 3.8) is 0 Å². The lowest BCUT2D eigenvalue weighted by atomic mass is 9.87. The van der Waals surface area contributed by atoms with Crippen LogP contribution in [-0.2, 0) is 30.5 Å². The number of aromatic nitrogens is 1. The van der Waals surface area contributed by atoms with Crippen LogP contribution < -0.4 is 4.74 Å². The molecule has 0 unspecified atom stereocenters. The van der Waals surface area contributed by atoms with Gasteiger partial charge in [0.25, 0.3) is 0 Å². The number of H-pyrrole nitrogens is 1. The molecular weight excluding hydrogens is 769 g/mol. The number of esters is 1. The third-order valence-electron chi connectivity index (χ3n) is 14.3. The average molecular weight is 817 g/mol. The van der Waals surface area contributed by atoms with E-state index in [1.807, 2.05) is 12.1 Å². The van der Waals surface area contributed by atoms with Gasteiger partial charge in [0.2, 0.25) is 0 Å². The van der Waals surface area contributed by atoms with Gasteiger partial charge in [-0.2, -0.15) is 0 Å². The molecule has 4 nitrogen and oxygen atoms in total. The van der Waals surface area contributed by atoms with E-state index < -0.39 is 0 Å². The highest BCUT2D eigenvalue weighted by atomic mass is 16.5. The van der Waals surface area contributed by atoms with Gasteiger partial charge in [0.05, 0.1) is 17.1 Å². The fraction of sp³-hybridized carbons (Fsp3) is 0.186. The molecule has 3 aliphatic rings. The van der Waals surface area contributed by atoms with Crippen molar-refractivity contribution >= 4 is 60.3 Å². The highest BCUT2D eigenvalue weighted by molar-refractivity contribution is 6.33. The quantitative estimate of drug-likeness (QED) is 0.0754. The van der Waals surface area contributed by atoms with Crippen molar-refractivity contribution in [3.05, 3.63) is 201 Å². The van der Waals surface area contributed by atoms with E-state index in [-0.39, 0.29) is 5.97 Å². The van der Waals surface area contributed by atoms with E-state index in [9.17, 15) is 4.79 Å². The number of carbonyl (C=O) groups is 1. The molecule has 4 heteroatoms. The molecule has 0 spiro atoms. The monoisotopic (exact) mass is 816 g/mol. The molecule has 8 aromatic carbocycles. The Bertz CT molecular complexity index is 3380. The lowest BCUT2D eigenvalue weighted by Gasteiger charge is -2.16. The van der Waals surface area contributed by atoms with Gasteiger partial charge in [-0.1, -0.05) is 127 Å². The molecule has 1 aliphatic heterocycles. The number of hydrogen-bond donors (Lipinski definition) is 1. The third kappa shape index (κ3) is 6.18. The first-order valence-corrected chi connectivity index (χ1v) is 22.8. The minimum atomic E-state index is -0.214. The second kappa shape index (κ2) is 15.1. The number of aryl methyl sites for hydroxylation is 3. The highest BCUT2D eigenvalue weighted by Crippen LogP contribution is 2.45. The molecule has 306 valence electrons. The smallest absolute Gasteiger partial charge is 0.311 e. The van der Waals surface area contributed by atoms with Crippen molar-refractivity contribution in [2.45, 2.75) is 71.6 Å². The number of aliphatic imine (C=N–C) groups is 1. The van der Waals surface area contributed by atoms with Crippen LogP contribution in [0.5, 0.6) is 5.75 Å². The van der Waals surface area contributed by atoms with Crippen molar-refractivity contribution in [3.8, 4) is 17.0 Å². The summed E-state index contributed by atoms with van der Waals surface area (Å²) in [5.74, 6) is 0.344. The van der Waals surface area contributed by atoms with Gasteiger partial charge in [0, 0.05) is 28.8 Å². The second-order valence-corrected chi connectivity index (χ2v) is 17.8. The third-order valence-corrected chi connectivity index (χ3v) is 14.3. The molecule has 0 bridgehead atoms. The molecule has 12 rings (SSSR count). The lowest BCUT2D eigenvalue weighted by Crippen LogP contribution is -2.08. The first-order chi connectivity index (χ1) is 31.0. The number of nitrogens with one attached hydrogen (secondary N) is 1. The van der Waals surface area contributed by atoms with Crippen LogP contribution in [0.25, 0.3) is 59.9 Å². The highest BCUT2D eigenvalue weighted by Gasteiger charge is 2.31. The number of hydrogen-bond acceptors (Lipinski definition) is 3. The Labute approximate surface area is 368 Å². The summed E-state index contributed by atoms with van der Waals surface area (Å²) in [7, 11) is 0. The van der Waals surface area contributed by atoms with E-state index in [1.165, 1.54) is 98.9 Å². The predicted octanol–water partition coefficient (Wildman–Crippen LogP) is 14.4. The normalized spacial score (nSPS) is 15.6. The van der Waals surface area contributed by atoms with E-state index in [0.29, 0.717) is 18.6 Å². The summed E-state index contributed by atoms with van der Waals surface area (Å²) in [4.78, 5) is 23.0. The number of aromatic amines is 1. The number of nitrogens with zero attached hydrogens (tertiary/aromatic N) is 1. The number of fused-ring (bicyclic) bond motifs is 8. The minimum absolute atomic E-state index is 0.214. The van der Waals surface area contributed by atoms with Crippen molar-refractivity contribution in [1.82, 2.24) is 4.98 Å². The van der Waals surface area contributed by atoms with Gasteiger partial charge >= 0.3 is 5.97 Å². The Balaban J connectivity index is 0.850. The van der Waals surface area contributed by atoms with Crippen molar-refractivity contribution < 1.29 is 9.53 Å². The van der Waals surface area contributed by atoms with E-state index >= 15 is 0 Å². The number of carbonyl (C=O) groups excluding carboxylic acids is 1. The van der Waals surface area contributed by atoms with Crippen LogP contribution in [0.4, 0.5) is 0 Å². The fourth-order valence-corrected chi connectivity index (χ4v) is 11.3. The van der Waals surface area contributed by atoms with E-state index in [1.54, 1.807) is 0 Å². The summed E-state index contributed by atoms with van der Waals surface area (Å²) in [6.07, 6.45) is 8.24. The molecule has 0 fully saturated rings. The van der Waals surface area contributed by atoms with Gasteiger partial charge in [-0.15, -0.1) is 0 Å². The largest absolute Gasteiger partial charge is 0.427 e. The molecular formula is C59H48N2O2. The van der Waals surface area contributed by atoms with E-state index in [2.05, 4.69) is 146 Å². The van der Waals surface area contributed by atoms with Crippen LogP contribution >= 0.6 is 0 Å². The van der Waals surface area contributed by atoms with Gasteiger partial charge in [-0.3, -0.25) is 4.79 Å². The average Bonchev–Trinajstić information content (AvgIpc) is 3.63. The van der Waals surface area contributed by atoms with Crippen molar-refractivity contribution in [1.29, 1.82) is 0 Å². The summed E-state index contributed by atoms with van der Waals surface area (Å²) in [6, 6.07) is 50.2. The number of allylic oxidation sites excluding steroid dienone is 2. The van der Waals surface area contributed by atoms with Crippen LogP contribution in [0.15, 0.2) is 161 Å². The van der Waals surface area contributed by atoms with E-state index in [4.69, 9.17) is 9.73 Å². The maximum Gasteiger partial charge on any atom is 0.311 e. The Morgan fingerprint density at radius 3 is 2.06 bits per heavy atom. The van der Waals surface area contributed by atoms with E-state index in [0.717, 1.165) is 73.2 Å². The Morgan fingerprint density at radius 2 is 1.29 bits per heavy atom. The molecule has 2 heterocycles. The summed E-state index contributed by atoms with van der Waals surface area (Å²) in [6.45, 7) is 4.53. The first-order valence-electron chi connectivity index (χ1n) is 22.8. The standard InChI is InChI=1S/C59H48N2O2/c1-35-43-22-7-15-37-13-3-5-20-46(37)58(43)60-56(35)54(57-36(2)44-23-8-16-38-14-4-6-21-47(38)59(44)61-57)41-29-32-42(33-30-41)63-52(62)28-11-17-39-31-34-51-49-26-10-19-40-18-9-25-48(53(40)49)50-27-12-24-45(39)55(50)51/h3-6,9-10,12-14,18-21,24-27,29-34,60H,7-8,11,15-17,22-23,28H2,1-2H3/b57-54-. The number of rotatable bonds is 7. The molecule has 1 aromatic heterocycles. The molecule has 0 saturated carbocycles. The zero-order valence-electron chi connectivity index (χ0n) is 35.9. The maximum absolute atomic E-state index is 13.5. The molecule has 0 radical (unpaired) electrons. The lowest BCUT2D eigenvalue weighted by molar-refractivity contribution is -0.134. The topological polar surface area (TPSA) is 54.4 Å². The molecule has 63 heavy (non-hydrogen) atoms. The van der Waals surface area contributed by atoms with Crippen LogP contribution in [0, 0.1) is 6.92 Å². The summed E-state index contributed by atoms with van der Waals surface area (Å²) < 4.78 is 6.04. The summed E-state index contributed by atoms with van der Waals surface area (Å²) in [5.41, 5.74) is 18.5. The zero-order valence-corrected chi connectivity index (χ0v) is 35.9. The molecule has 0 atom stereocenters. The van der Waals surface area contributed by atoms with Crippen molar-refractivity contribution in [2.75, 3.05) is 0 Å². The number of ether oxygens (including phenoxy) is 1. The molecule has 1 N–H and O–H groups in total. The van der Waals surface area contributed by atoms with Gasteiger partial charge < -0.3 is 9.72 Å². The maximum atomic E-state index is 13.5.